The Morgan fingerprint density at radius 3 is 2.21 bits per heavy atom. The minimum atomic E-state index is -0.308. The van der Waals surface area contributed by atoms with Gasteiger partial charge in [0.05, 0.1) is 20.3 Å². The lowest BCUT2D eigenvalue weighted by Gasteiger charge is -2.26. The SMILES string of the molecule is COc1ccc(C2C=C(Nc3ccccc3)C(=O)N2c2ccccc2)c(OC)c1. The van der Waals surface area contributed by atoms with Gasteiger partial charge in [-0.05, 0) is 42.5 Å². The second-order valence-corrected chi connectivity index (χ2v) is 6.63. The van der Waals surface area contributed by atoms with E-state index in [1.54, 1.807) is 19.1 Å². The molecule has 1 N–H and O–H groups in total. The largest absolute Gasteiger partial charge is 0.497 e. The molecule has 146 valence electrons. The van der Waals surface area contributed by atoms with E-state index in [0.29, 0.717) is 17.2 Å². The topological polar surface area (TPSA) is 50.8 Å². The van der Waals surface area contributed by atoms with E-state index in [0.717, 1.165) is 16.9 Å². The number of nitrogens with zero attached hydrogens (tertiary/aromatic N) is 1. The van der Waals surface area contributed by atoms with Crippen LogP contribution in [0.2, 0.25) is 0 Å². The van der Waals surface area contributed by atoms with Crippen LogP contribution in [0.25, 0.3) is 0 Å². The summed E-state index contributed by atoms with van der Waals surface area (Å²) in [6.45, 7) is 0. The number of carbonyl (C=O) groups excluding carboxylic acids is 1. The molecule has 1 amide bonds. The van der Waals surface area contributed by atoms with E-state index >= 15 is 0 Å². The maximum atomic E-state index is 13.3. The van der Waals surface area contributed by atoms with Gasteiger partial charge in [0.15, 0.2) is 0 Å². The first kappa shape index (κ1) is 18.6. The highest BCUT2D eigenvalue weighted by molar-refractivity contribution is 6.11. The molecule has 0 saturated carbocycles. The molecule has 0 bridgehead atoms. The summed E-state index contributed by atoms with van der Waals surface area (Å²) >= 11 is 0. The minimum Gasteiger partial charge on any atom is -0.497 e. The number of benzene rings is 3. The number of carbonyl (C=O) groups is 1. The Morgan fingerprint density at radius 1 is 0.862 bits per heavy atom. The molecule has 1 aliphatic heterocycles. The maximum Gasteiger partial charge on any atom is 0.275 e. The van der Waals surface area contributed by atoms with Gasteiger partial charge in [0.2, 0.25) is 0 Å². The predicted octanol–water partition coefficient (Wildman–Crippen LogP) is 4.79. The van der Waals surface area contributed by atoms with Crippen LogP contribution in [0.5, 0.6) is 11.5 Å². The first-order valence-electron chi connectivity index (χ1n) is 9.35. The normalized spacial score (nSPS) is 15.8. The highest BCUT2D eigenvalue weighted by Crippen LogP contribution is 2.40. The lowest BCUT2D eigenvalue weighted by atomic mass is 10.0. The number of amides is 1. The molecule has 0 aromatic heterocycles. The molecule has 1 heterocycles. The van der Waals surface area contributed by atoms with Gasteiger partial charge >= 0.3 is 0 Å². The third-order valence-corrected chi connectivity index (χ3v) is 4.90. The second-order valence-electron chi connectivity index (χ2n) is 6.63. The van der Waals surface area contributed by atoms with Crippen molar-refractivity contribution in [3.05, 3.63) is 96.2 Å². The highest BCUT2D eigenvalue weighted by Gasteiger charge is 2.36. The van der Waals surface area contributed by atoms with Gasteiger partial charge in [-0.3, -0.25) is 9.69 Å². The summed E-state index contributed by atoms with van der Waals surface area (Å²) in [6.07, 6.45) is 1.94. The molecule has 0 radical (unpaired) electrons. The number of rotatable bonds is 6. The van der Waals surface area contributed by atoms with Gasteiger partial charge in [-0.15, -0.1) is 0 Å². The van der Waals surface area contributed by atoms with Crippen molar-refractivity contribution in [3.63, 3.8) is 0 Å². The molecule has 0 fully saturated rings. The zero-order chi connectivity index (χ0) is 20.2. The van der Waals surface area contributed by atoms with Crippen molar-refractivity contribution in [3.8, 4) is 11.5 Å². The second kappa shape index (κ2) is 8.10. The summed E-state index contributed by atoms with van der Waals surface area (Å²) in [5, 5.41) is 3.25. The zero-order valence-corrected chi connectivity index (χ0v) is 16.3. The summed E-state index contributed by atoms with van der Waals surface area (Å²) in [5.74, 6) is 1.27. The first-order chi connectivity index (χ1) is 14.2. The lowest BCUT2D eigenvalue weighted by Crippen LogP contribution is -2.30. The van der Waals surface area contributed by atoms with Crippen molar-refractivity contribution >= 4 is 17.3 Å². The third kappa shape index (κ3) is 3.67. The van der Waals surface area contributed by atoms with Crippen molar-refractivity contribution in [2.75, 3.05) is 24.4 Å². The Morgan fingerprint density at radius 2 is 1.55 bits per heavy atom. The molecular formula is C24H22N2O3. The van der Waals surface area contributed by atoms with E-state index < -0.39 is 0 Å². The van der Waals surface area contributed by atoms with E-state index in [-0.39, 0.29) is 11.9 Å². The van der Waals surface area contributed by atoms with Crippen molar-refractivity contribution in [1.29, 1.82) is 0 Å². The van der Waals surface area contributed by atoms with Crippen LogP contribution < -0.4 is 19.7 Å². The molecule has 5 heteroatoms. The van der Waals surface area contributed by atoms with Crippen molar-refractivity contribution in [1.82, 2.24) is 0 Å². The molecule has 3 aromatic rings. The molecule has 3 aromatic carbocycles. The molecule has 1 atom stereocenters. The number of hydrogen-bond acceptors (Lipinski definition) is 4. The molecule has 1 aliphatic rings. The summed E-state index contributed by atoms with van der Waals surface area (Å²) in [6, 6.07) is 24.7. The average molecular weight is 386 g/mol. The number of anilines is 2. The van der Waals surface area contributed by atoms with Gasteiger partial charge in [0.25, 0.3) is 5.91 Å². The Hall–Kier alpha value is -3.73. The molecule has 4 rings (SSSR count). The zero-order valence-electron chi connectivity index (χ0n) is 16.3. The fourth-order valence-corrected chi connectivity index (χ4v) is 3.49. The van der Waals surface area contributed by atoms with Crippen LogP contribution >= 0.6 is 0 Å². The van der Waals surface area contributed by atoms with E-state index in [4.69, 9.17) is 9.47 Å². The van der Waals surface area contributed by atoms with Crippen molar-refractivity contribution < 1.29 is 14.3 Å². The summed E-state index contributed by atoms with van der Waals surface area (Å²) in [5.41, 5.74) is 3.10. The standard InChI is InChI=1S/C24H22N2O3/c1-28-19-13-14-20(23(15-19)29-2)22-16-21(25-17-9-5-3-6-10-17)24(27)26(22)18-11-7-4-8-12-18/h3-16,22,25H,1-2H3. The molecule has 0 spiro atoms. The highest BCUT2D eigenvalue weighted by atomic mass is 16.5. The van der Waals surface area contributed by atoms with Gasteiger partial charge in [-0.25, -0.2) is 0 Å². The predicted molar refractivity (Wildman–Crippen MR) is 114 cm³/mol. The first-order valence-corrected chi connectivity index (χ1v) is 9.35. The Balaban J connectivity index is 1.78. The molecule has 1 unspecified atom stereocenters. The number of hydrogen-bond donors (Lipinski definition) is 1. The van der Waals surface area contributed by atoms with E-state index in [2.05, 4.69) is 5.32 Å². The summed E-state index contributed by atoms with van der Waals surface area (Å²) in [7, 11) is 3.24. The number of nitrogens with one attached hydrogen (secondary N) is 1. The fourth-order valence-electron chi connectivity index (χ4n) is 3.49. The van der Waals surface area contributed by atoms with Gasteiger partial charge in [-0.2, -0.15) is 0 Å². The molecule has 0 aliphatic carbocycles. The minimum absolute atomic E-state index is 0.0945. The van der Waals surface area contributed by atoms with Crippen LogP contribution in [0.15, 0.2) is 90.6 Å². The third-order valence-electron chi connectivity index (χ3n) is 4.90. The monoisotopic (exact) mass is 386 g/mol. The van der Waals surface area contributed by atoms with Crippen molar-refractivity contribution in [2.45, 2.75) is 6.04 Å². The van der Waals surface area contributed by atoms with Gasteiger partial charge in [-0.1, -0.05) is 36.4 Å². The van der Waals surface area contributed by atoms with E-state index in [1.165, 1.54) is 0 Å². The Labute approximate surface area is 170 Å². The van der Waals surface area contributed by atoms with Crippen molar-refractivity contribution in [2.24, 2.45) is 0 Å². The Kier molecular flexibility index (Phi) is 5.20. The van der Waals surface area contributed by atoms with Crippen LogP contribution in [0.4, 0.5) is 11.4 Å². The van der Waals surface area contributed by atoms with Crippen LogP contribution in [0.3, 0.4) is 0 Å². The van der Waals surface area contributed by atoms with Gasteiger partial charge < -0.3 is 14.8 Å². The smallest absolute Gasteiger partial charge is 0.275 e. The number of methoxy groups -OCH3 is 2. The van der Waals surface area contributed by atoms with E-state index in [1.807, 2.05) is 84.9 Å². The number of ether oxygens (including phenoxy) is 2. The molecule has 29 heavy (non-hydrogen) atoms. The summed E-state index contributed by atoms with van der Waals surface area (Å²) < 4.78 is 10.9. The van der Waals surface area contributed by atoms with Crippen LogP contribution in [0, 0.1) is 0 Å². The van der Waals surface area contributed by atoms with Crippen LogP contribution in [0.1, 0.15) is 11.6 Å². The fraction of sp³-hybridized carbons (Fsp3) is 0.125. The Bertz CT molecular complexity index is 1030. The van der Waals surface area contributed by atoms with Gasteiger partial charge in [0.1, 0.15) is 17.2 Å². The van der Waals surface area contributed by atoms with Crippen LogP contribution in [-0.2, 0) is 4.79 Å². The molecular weight excluding hydrogens is 364 g/mol. The average Bonchev–Trinajstić information content (AvgIpc) is 3.10. The van der Waals surface area contributed by atoms with Crippen LogP contribution in [-0.4, -0.2) is 20.1 Å². The van der Waals surface area contributed by atoms with Gasteiger partial charge in [0, 0.05) is 23.0 Å². The quantitative estimate of drug-likeness (QED) is 0.662. The maximum absolute atomic E-state index is 13.3. The molecule has 0 saturated heterocycles. The number of para-hydroxylation sites is 2. The molecule has 5 nitrogen and oxygen atoms in total. The van der Waals surface area contributed by atoms with E-state index in [9.17, 15) is 4.79 Å². The lowest BCUT2D eigenvalue weighted by molar-refractivity contribution is -0.114. The summed E-state index contributed by atoms with van der Waals surface area (Å²) in [4.78, 5) is 15.1.